The van der Waals surface area contributed by atoms with E-state index in [-0.39, 0.29) is 12.4 Å². The van der Waals surface area contributed by atoms with Gasteiger partial charge in [0.05, 0.1) is 26.2 Å². The molecule has 0 aromatic carbocycles. The molecule has 1 aliphatic heterocycles. The summed E-state index contributed by atoms with van der Waals surface area (Å²) in [6.07, 6.45) is 24.9. The number of nitrogens with zero attached hydrogens (tertiary/aromatic N) is 1. The third-order valence-corrected chi connectivity index (χ3v) is 6.24. The van der Waals surface area contributed by atoms with Gasteiger partial charge < -0.3 is 16.9 Å². The van der Waals surface area contributed by atoms with E-state index in [1.54, 1.807) is 0 Å². The van der Waals surface area contributed by atoms with E-state index in [4.69, 9.17) is 0 Å². The molecule has 0 unspecified atom stereocenters. The van der Waals surface area contributed by atoms with E-state index in [0.717, 1.165) is 0 Å². The molecule has 0 saturated carbocycles. The highest BCUT2D eigenvalue weighted by Crippen LogP contribution is 2.22. The van der Waals surface area contributed by atoms with Crippen LogP contribution in [-0.4, -0.2) is 30.7 Å². The standard InChI is InChI=1S/C23H48N.ClH/c1-3-5-7-8-9-10-11-12-13-14-15-17-21-24(20-6-4-2)22-18-16-19-23-24;/h3-23H2,1-2H3;1H/q+1;/p-1. The lowest BCUT2D eigenvalue weighted by atomic mass is 10.0. The fourth-order valence-corrected chi connectivity index (χ4v) is 4.52. The maximum absolute atomic E-state index is 2.35. The van der Waals surface area contributed by atoms with Crippen molar-refractivity contribution < 1.29 is 16.9 Å². The first-order chi connectivity index (χ1) is 11.8. The molecule has 0 N–H and O–H groups in total. The van der Waals surface area contributed by atoms with Gasteiger partial charge >= 0.3 is 0 Å². The minimum atomic E-state index is 0. The normalized spacial score (nSPS) is 16.6. The number of likely N-dealkylation sites (tertiary alicyclic amines) is 1. The molecule has 1 aliphatic rings. The summed E-state index contributed by atoms with van der Waals surface area (Å²) in [6, 6.07) is 0. The van der Waals surface area contributed by atoms with Crippen LogP contribution in [-0.2, 0) is 0 Å². The first-order valence-corrected chi connectivity index (χ1v) is 11.7. The molecule has 1 heterocycles. The first-order valence-electron chi connectivity index (χ1n) is 11.7. The Bertz CT molecular complexity index is 261. The Morgan fingerprint density at radius 1 is 0.480 bits per heavy atom. The van der Waals surface area contributed by atoms with Gasteiger partial charge in [0.25, 0.3) is 0 Å². The zero-order valence-corrected chi connectivity index (χ0v) is 18.4. The van der Waals surface area contributed by atoms with Crippen molar-refractivity contribution in [1.29, 1.82) is 0 Å². The van der Waals surface area contributed by atoms with E-state index < -0.39 is 0 Å². The monoisotopic (exact) mass is 373 g/mol. The van der Waals surface area contributed by atoms with Crippen LogP contribution in [0.1, 0.15) is 123 Å². The molecule has 2 heteroatoms. The first kappa shape index (κ1) is 25.2. The maximum Gasteiger partial charge on any atom is 0.0786 e. The molecule has 0 bridgehead atoms. The molecule has 0 aliphatic carbocycles. The van der Waals surface area contributed by atoms with Crippen LogP contribution in [0.2, 0.25) is 0 Å². The van der Waals surface area contributed by atoms with Gasteiger partial charge in [0.15, 0.2) is 0 Å². The number of piperidine rings is 1. The molecule has 0 aromatic rings. The van der Waals surface area contributed by atoms with Gasteiger partial charge in [-0.05, 0) is 38.5 Å². The zero-order valence-electron chi connectivity index (χ0n) is 17.7. The van der Waals surface area contributed by atoms with Crippen LogP contribution < -0.4 is 12.4 Å². The summed E-state index contributed by atoms with van der Waals surface area (Å²) in [4.78, 5) is 0. The quantitative estimate of drug-likeness (QED) is 0.276. The van der Waals surface area contributed by atoms with Crippen molar-refractivity contribution >= 4 is 0 Å². The van der Waals surface area contributed by atoms with Crippen LogP contribution in [0.25, 0.3) is 0 Å². The SMILES string of the molecule is CCCCCCCCCCCCCC[N+]1(CCCC)CCCCC1.[Cl-]. The predicted molar refractivity (Wildman–Crippen MR) is 110 cm³/mol. The Morgan fingerprint density at radius 2 is 0.880 bits per heavy atom. The highest BCUT2D eigenvalue weighted by Gasteiger charge is 2.28. The van der Waals surface area contributed by atoms with Gasteiger partial charge in [-0.1, -0.05) is 84.5 Å². The summed E-state index contributed by atoms with van der Waals surface area (Å²) >= 11 is 0. The second-order valence-corrected chi connectivity index (χ2v) is 8.54. The molecule has 0 atom stereocenters. The molecule has 152 valence electrons. The van der Waals surface area contributed by atoms with Crippen LogP contribution in [0.15, 0.2) is 0 Å². The van der Waals surface area contributed by atoms with Crippen LogP contribution >= 0.6 is 0 Å². The summed E-state index contributed by atoms with van der Waals surface area (Å²) < 4.78 is 1.48. The number of hydrogen-bond acceptors (Lipinski definition) is 0. The molecular formula is C23H48ClN. The van der Waals surface area contributed by atoms with E-state index in [0.29, 0.717) is 0 Å². The molecule has 1 fully saturated rings. The van der Waals surface area contributed by atoms with Gasteiger partial charge in [0, 0.05) is 0 Å². The second-order valence-electron chi connectivity index (χ2n) is 8.54. The lowest BCUT2D eigenvalue weighted by Gasteiger charge is -2.42. The predicted octanol–water partition coefficient (Wildman–Crippen LogP) is 4.49. The summed E-state index contributed by atoms with van der Waals surface area (Å²) in [6.45, 7) is 10.6. The molecule has 0 spiro atoms. The summed E-state index contributed by atoms with van der Waals surface area (Å²) in [5.41, 5.74) is 0. The van der Waals surface area contributed by atoms with Gasteiger partial charge in [-0.15, -0.1) is 0 Å². The molecule has 1 saturated heterocycles. The minimum absolute atomic E-state index is 0. The van der Waals surface area contributed by atoms with Crippen molar-refractivity contribution in [1.82, 2.24) is 0 Å². The Morgan fingerprint density at radius 3 is 1.36 bits per heavy atom. The van der Waals surface area contributed by atoms with Gasteiger partial charge in [0.1, 0.15) is 0 Å². The average Bonchev–Trinajstić information content (AvgIpc) is 2.62. The smallest absolute Gasteiger partial charge is 0.0786 e. The molecule has 25 heavy (non-hydrogen) atoms. The van der Waals surface area contributed by atoms with E-state index in [1.807, 2.05) is 0 Å². The van der Waals surface area contributed by atoms with Crippen LogP contribution in [0.3, 0.4) is 0 Å². The maximum atomic E-state index is 2.35. The van der Waals surface area contributed by atoms with E-state index in [9.17, 15) is 0 Å². The summed E-state index contributed by atoms with van der Waals surface area (Å²) in [5.74, 6) is 0. The Kier molecular flexibility index (Phi) is 17.8. The van der Waals surface area contributed by atoms with E-state index >= 15 is 0 Å². The van der Waals surface area contributed by atoms with Crippen molar-refractivity contribution in [3.8, 4) is 0 Å². The largest absolute Gasteiger partial charge is 1.00 e. The Hall–Kier alpha value is 0.250. The fourth-order valence-electron chi connectivity index (χ4n) is 4.52. The van der Waals surface area contributed by atoms with E-state index in [2.05, 4.69) is 13.8 Å². The Labute approximate surface area is 166 Å². The van der Waals surface area contributed by atoms with Gasteiger partial charge in [-0.3, -0.25) is 0 Å². The average molecular weight is 374 g/mol. The number of rotatable bonds is 16. The fraction of sp³-hybridized carbons (Fsp3) is 1.00. The van der Waals surface area contributed by atoms with Gasteiger partial charge in [-0.2, -0.15) is 0 Å². The third-order valence-electron chi connectivity index (χ3n) is 6.24. The number of halogens is 1. The van der Waals surface area contributed by atoms with Crippen molar-refractivity contribution in [2.45, 2.75) is 123 Å². The van der Waals surface area contributed by atoms with Crippen LogP contribution in [0.4, 0.5) is 0 Å². The lowest BCUT2D eigenvalue weighted by Crippen LogP contribution is -3.00. The molecule has 1 rings (SSSR count). The van der Waals surface area contributed by atoms with Gasteiger partial charge in [0.2, 0.25) is 0 Å². The van der Waals surface area contributed by atoms with Crippen LogP contribution in [0.5, 0.6) is 0 Å². The van der Waals surface area contributed by atoms with E-state index in [1.165, 1.54) is 140 Å². The van der Waals surface area contributed by atoms with Crippen LogP contribution in [0, 0.1) is 0 Å². The lowest BCUT2D eigenvalue weighted by molar-refractivity contribution is -0.932. The molecule has 1 nitrogen and oxygen atoms in total. The molecule has 0 radical (unpaired) electrons. The highest BCUT2D eigenvalue weighted by molar-refractivity contribution is 4.56. The number of quaternary nitrogens is 1. The molecular weight excluding hydrogens is 326 g/mol. The highest BCUT2D eigenvalue weighted by atomic mass is 35.5. The van der Waals surface area contributed by atoms with Crippen molar-refractivity contribution in [3.05, 3.63) is 0 Å². The number of hydrogen-bond donors (Lipinski definition) is 0. The van der Waals surface area contributed by atoms with Crippen molar-refractivity contribution in [3.63, 3.8) is 0 Å². The summed E-state index contributed by atoms with van der Waals surface area (Å²) in [7, 11) is 0. The topological polar surface area (TPSA) is 0 Å². The second kappa shape index (κ2) is 17.7. The zero-order chi connectivity index (χ0) is 17.3. The van der Waals surface area contributed by atoms with Crippen molar-refractivity contribution in [2.24, 2.45) is 0 Å². The van der Waals surface area contributed by atoms with Crippen molar-refractivity contribution in [2.75, 3.05) is 26.2 Å². The molecule has 0 amide bonds. The minimum Gasteiger partial charge on any atom is -1.00 e. The molecule has 0 aromatic heterocycles. The summed E-state index contributed by atoms with van der Waals surface area (Å²) in [5, 5.41) is 0. The number of unbranched alkanes of at least 4 members (excludes halogenated alkanes) is 12. The van der Waals surface area contributed by atoms with Gasteiger partial charge in [-0.25, -0.2) is 0 Å². The Balaban J connectivity index is 0.00000576. The third kappa shape index (κ3) is 13.1.